The summed E-state index contributed by atoms with van der Waals surface area (Å²) in [6.45, 7) is 4.52. The topological polar surface area (TPSA) is 83.8 Å². The Morgan fingerprint density at radius 3 is 2.61 bits per heavy atom. The first-order valence-electron chi connectivity index (χ1n) is 12.5. The number of alkyl halides is 3. The minimum Gasteiger partial charge on any atom is -0.481 e. The predicted molar refractivity (Wildman–Crippen MR) is 132 cm³/mol. The second kappa shape index (κ2) is 12.9. The van der Waals surface area contributed by atoms with Gasteiger partial charge in [-0.05, 0) is 60.9 Å². The first-order valence-corrected chi connectivity index (χ1v) is 12.5. The van der Waals surface area contributed by atoms with Crippen molar-refractivity contribution in [3.8, 4) is 0 Å². The molecule has 9 heteroatoms. The standard InChI is InChI=1S/C27H34F3N3O3/c1-3-24-21(16-31-14-13-26(34)35)10-12-25(32-24)18(2)33-36-17-19-9-11-22(20-7-5-4-6-8-20)23(15-19)27(28,29)30/h9-12,15,20,31H,3-8,13-14,16-17H2,1-2H3,(H,34,35)/b33-18-. The van der Waals surface area contributed by atoms with E-state index < -0.39 is 17.7 Å². The van der Waals surface area contributed by atoms with Gasteiger partial charge in [-0.1, -0.05) is 49.5 Å². The normalized spacial score (nSPS) is 15.2. The summed E-state index contributed by atoms with van der Waals surface area (Å²) >= 11 is 0. The molecule has 1 saturated carbocycles. The third-order valence-electron chi connectivity index (χ3n) is 6.51. The van der Waals surface area contributed by atoms with Gasteiger partial charge in [0.05, 0.1) is 17.7 Å². The Labute approximate surface area is 210 Å². The van der Waals surface area contributed by atoms with Crippen LogP contribution in [0, 0.1) is 0 Å². The lowest BCUT2D eigenvalue weighted by Crippen LogP contribution is -2.19. The number of benzene rings is 1. The van der Waals surface area contributed by atoms with Crippen molar-refractivity contribution < 1.29 is 27.9 Å². The number of aromatic nitrogens is 1. The molecule has 3 rings (SSSR count). The van der Waals surface area contributed by atoms with E-state index in [4.69, 9.17) is 9.94 Å². The maximum atomic E-state index is 13.8. The van der Waals surface area contributed by atoms with Gasteiger partial charge in [0.1, 0.15) is 12.3 Å². The highest BCUT2D eigenvalue weighted by Gasteiger charge is 2.35. The Morgan fingerprint density at radius 2 is 1.94 bits per heavy atom. The second-order valence-electron chi connectivity index (χ2n) is 9.18. The molecule has 1 aliphatic rings. The lowest BCUT2D eigenvalue weighted by Gasteiger charge is -2.25. The van der Waals surface area contributed by atoms with Gasteiger partial charge in [-0.3, -0.25) is 9.78 Å². The van der Waals surface area contributed by atoms with Crippen LogP contribution in [0.1, 0.15) is 91.9 Å². The Bertz CT molecular complexity index is 1060. The minimum atomic E-state index is -4.41. The predicted octanol–water partition coefficient (Wildman–Crippen LogP) is 6.22. The van der Waals surface area contributed by atoms with E-state index in [1.54, 1.807) is 25.1 Å². The Kier molecular flexibility index (Phi) is 9.87. The summed E-state index contributed by atoms with van der Waals surface area (Å²) in [5, 5.41) is 15.9. The van der Waals surface area contributed by atoms with Gasteiger partial charge in [-0.15, -0.1) is 0 Å². The number of hydrogen-bond donors (Lipinski definition) is 2. The molecule has 196 valence electrons. The average Bonchev–Trinajstić information content (AvgIpc) is 2.86. The van der Waals surface area contributed by atoms with E-state index in [1.165, 1.54) is 6.07 Å². The molecule has 1 heterocycles. The van der Waals surface area contributed by atoms with E-state index in [0.29, 0.717) is 42.0 Å². The number of halogens is 3. The van der Waals surface area contributed by atoms with Crippen LogP contribution in [0.25, 0.3) is 0 Å². The average molecular weight is 506 g/mol. The third kappa shape index (κ3) is 7.78. The Hall–Kier alpha value is -2.94. The number of aryl methyl sites for hydroxylation is 1. The number of nitrogens with one attached hydrogen (secondary N) is 1. The number of pyridine rings is 1. The largest absolute Gasteiger partial charge is 0.481 e. The van der Waals surface area contributed by atoms with Crippen molar-refractivity contribution in [2.24, 2.45) is 5.16 Å². The second-order valence-corrected chi connectivity index (χ2v) is 9.18. The molecule has 36 heavy (non-hydrogen) atoms. The molecule has 0 radical (unpaired) electrons. The number of nitrogens with zero attached hydrogens (tertiary/aromatic N) is 2. The zero-order valence-corrected chi connectivity index (χ0v) is 20.8. The first-order chi connectivity index (χ1) is 17.2. The van der Waals surface area contributed by atoms with Gasteiger partial charge in [0.15, 0.2) is 0 Å². The van der Waals surface area contributed by atoms with Crippen molar-refractivity contribution >= 4 is 11.7 Å². The van der Waals surface area contributed by atoms with Crippen LogP contribution in [0.15, 0.2) is 35.5 Å². The zero-order valence-electron chi connectivity index (χ0n) is 20.8. The maximum Gasteiger partial charge on any atom is 0.416 e. The molecule has 1 aromatic heterocycles. The van der Waals surface area contributed by atoms with Crippen molar-refractivity contribution in [3.63, 3.8) is 0 Å². The van der Waals surface area contributed by atoms with Gasteiger partial charge >= 0.3 is 12.1 Å². The van der Waals surface area contributed by atoms with Crippen LogP contribution in [0.2, 0.25) is 0 Å². The lowest BCUT2D eigenvalue weighted by atomic mass is 9.81. The van der Waals surface area contributed by atoms with Crippen LogP contribution in [-0.2, 0) is 35.4 Å². The molecule has 1 aromatic carbocycles. The van der Waals surface area contributed by atoms with E-state index in [0.717, 1.165) is 43.4 Å². The number of carboxylic acid groups (broad SMARTS) is 1. The molecule has 1 fully saturated rings. The number of rotatable bonds is 11. The lowest BCUT2D eigenvalue weighted by molar-refractivity contribution is -0.139. The molecule has 0 saturated heterocycles. The van der Waals surface area contributed by atoms with E-state index >= 15 is 0 Å². The van der Waals surface area contributed by atoms with Crippen molar-refractivity contribution in [1.82, 2.24) is 10.3 Å². The van der Waals surface area contributed by atoms with Crippen LogP contribution in [0.4, 0.5) is 13.2 Å². The summed E-state index contributed by atoms with van der Waals surface area (Å²) < 4.78 is 41.4. The molecule has 0 spiro atoms. The van der Waals surface area contributed by atoms with Gasteiger partial charge in [0.2, 0.25) is 0 Å². The van der Waals surface area contributed by atoms with Crippen molar-refractivity contribution in [1.29, 1.82) is 0 Å². The molecule has 6 nitrogen and oxygen atoms in total. The van der Waals surface area contributed by atoms with Gasteiger partial charge in [0.25, 0.3) is 0 Å². The smallest absolute Gasteiger partial charge is 0.416 e. The molecule has 2 aromatic rings. The van der Waals surface area contributed by atoms with E-state index in [1.807, 2.05) is 13.0 Å². The fourth-order valence-corrected chi connectivity index (χ4v) is 4.58. The fraction of sp³-hybridized carbons (Fsp3) is 0.519. The number of hydrogen-bond acceptors (Lipinski definition) is 5. The summed E-state index contributed by atoms with van der Waals surface area (Å²) in [5.41, 5.74) is 3.20. The molecule has 0 unspecified atom stereocenters. The third-order valence-corrected chi connectivity index (χ3v) is 6.51. The number of carboxylic acids is 1. The monoisotopic (exact) mass is 505 g/mol. The Morgan fingerprint density at radius 1 is 1.19 bits per heavy atom. The molecule has 0 atom stereocenters. The summed E-state index contributed by atoms with van der Waals surface area (Å²) in [4.78, 5) is 20.7. The molecular formula is C27H34F3N3O3. The maximum absolute atomic E-state index is 13.8. The van der Waals surface area contributed by atoms with Crippen LogP contribution in [-0.4, -0.2) is 28.3 Å². The summed E-state index contributed by atoms with van der Waals surface area (Å²) in [6, 6.07) is 8.20. The van der Waals surface area contributed by atoms with Crippen molar-refractivity contribution in [2.45, 2.75) is 84.0 Å². The van der Waals surface area contributed by atoms with E-state index in [-0.39, 0.29) is 18.9 Å². The van der Waals surface area contributed by atoms with Crippen LogP contribution in [0.3, 0.4) is 0 Å². The van der Waals surface area contributed by atoms with Gasteiger partial charge in [-0.2, -0.15) is 13.2 Å². The van der Waals surface area contributed by atoms with E-state index in [9.17, 15) is 18.0 Å². The highest BCUT2D eigenvalue weighted by molar-refractivity contribution is 5.96. The quantitative estimate of drug-likeness (QED) is 0.215. The molecule has 0 bridgehead atoms. The van der Waals surface area contributed by atoms with Gasteiger partial charge in [0, 0.05) is 18.8 Å². The van der Waals surface area contributed by atoms with Gasteiger partial charge < -0.3 is 15.3 Å². The molecular weight excluding hydrogens is 471 g/mol. The molecule has 0 aliphatic heterocycles. The SMILES string of the molecule is CCc1nc(/C(C)=N\OCc2ccc(C3CCCCC3)c(C(F)(F)F)c2)ccc1CNCCC(=O)O. The molecule has 2 N–H and O–H groups in total. The van der Waals surface area contributed by atoms with Gasteiger partial charge in [-0.25, -0.2) is 0 Å². The number of aliphatic carboxylic acids is 1. The van der Waals surface area contributed by atoms with Crippen LogP contribution >= 0.6 is 0 Å². The molecule has 0 amide bonds. The van der Waals surface area contributed by atoms with Crippen molar-refractivity contribution in [3.05, 3.63) is 64.0 Å². The summed E-state index contributed by atoms with van der Waals surface area (Å²) in [7, 11) is 0. The van der Waals surface area contributed by atoms with Crippen molar-refractivity contribution in [2.75, 3.05) is 6.54 Å². The fourth-order valence-electron chi connectivity index (χ4n) is 4.58. The van der Waals surface area contributed by atoms with E-state index in [2.05, 4.69) is 15.5 Å². The van der Waals surface area contributed by atoms with Crippen LogP contribution < -0.4 is 5.32 Å². The highest BCUT2D eigenvalue weighted by atomic mass is 19.4. The molecule has 1 aliphatic carbocycles. The minimum absolute atomic E-state index is 0.0419. The number of oxime groups is 1. The Balaban J connectivity index is 1.66. The number of carbonyl (C=O) groups is 1. The van der Waals surface area contributed by atoms with Crippen LogP contribution in [0.5, 0.6) is 0 Å². The summed E-state index contributed by atoms with van der Waals surface area (Å²) in [5.74, 6) is -0.895. The summed E-state index contributed by atoms with van der Waals surface area (Å²) in [6.07, 6.45) is 0.941. The highest BCUT2D eigenvalue weighted by Crippen LogP contribution is 2.41. The zero-order chi connectivity index (χ0) is 26.1. The first kappa shape index (κ1) is 27.6.